The fraction of sp³-hybridized carbons (Fsp3) is 0.500. The van der Waals surface area contributed by atoms with Crippen molar-refractivity contribution in [1.29, 1.82) is 0 Å². The number of hydrogen-bond acceptors (Lipinski definition) is 3. The number of amides is 1. The van der Waals surface area contributed by atoms with E-state index in [1.165, 1.54) is 12.1 Å². The summed E-state index contributed by atoms with van der Waals surface area (Å²) in [5, 5.41) is 12.0. The summed E-state index contributed by atoms with van der Waals surface area (Å²) < 4.78 is 19.0. The van der Waals surface area contributed by atoms with Crippen molar-refractivity contribution in [3.63, 3.8) is 0 Å². The molecule has 1 aromatic rings. The molecule has 0 saturated heterocycles. The van der Waals surface area contributed by atoms with E-state index in [1.54, 1.807) is 19.9 Å². The number of halogens is 1. The zero-order valence-corrected chi connectivity index (χ0v) is 11.4. The Morgan fingerprint density at radius 2 is 2.16 bits per heavy atom. The Morgan fingerprint density at radius 3 is 2.68 bits per heavy atom. The lowest BCUT2D eigenvalue weighted by molar-refractivity contribution is -0.127. The predicted octanol–water partition coefficient (Wildman–Crippen LogP) is 2.17. The Kier molecular flexibility index (Phi) is 5.76. The first-order valence-electron chi connectivity index (χ1n) is 6.37. The minimum atomic E-state index is -0.765. The van der Waals surface area contributed by atoms with Crippen LogP contribution in [0.4, 0.5) is 4.39 Å². The highest BCUT2D eigenvalue weighted by Crippen LogP contribution is 2.22. The van der Waals surface area contributed by atoms with Gasteiger partial charge in [-0.05, 0) is 38.0 Å². The van der Waals surface area contributed by atoms with Gasteiger partial charge < -0.3 is 15.2 Å². The molecule has 0 spiro atoms. The third kappa shape index (κ3) is 4.52. The summed E-state index contributed by atoms with van der Waals surface area (Å²) in [5.41, 5.74) is 0.466. The number of hydrogen-bond donors (Lipinski definition) is 2. The molecule has 0 aliphatic heterocycles. The molecule has 2 atom stereocenters. The van der Waals surface area contributed by atoms with Gasteiger partial charge in [0.05, 0.1) is 6.10 Å². The van der Waals surface area contributed by atoms with Crippen LogP contribution in [0.15, 0.2) is 18.2 Å². The van der Waals surface area contributed by atoms with Crippen molar-refractivity contribution >= 4 is 5.91 Å². The fourth-order valence-electron chi connectivity index (χ4n) is 1.51. The van der Waals surface area contributed by atoms with Crippen molar-refractivity contribution in [3.8, 4) is 5.75 Å². The van der Waals surface area contributed by atoms with Crippen LogP contribution >= 0.6 is 0 Å². The van der Waals surface area contributed by atoms with Gasteiger partial charge in [0, 0.05) is 6.54 Å². The molecule has 2 N–H and O–H groups in total. The summed E-state index contributed by atoms with van der Waals surface area (Å²) in [7, 11) is 0. The maximum atomic E-state index is 13.7. The van der Waals surface area contributed by atoms with Crippen LogP contribution in [0, 0.1) is 5.82 Å². The van der Waals surface area contributed by atoms with Crippen LogP contribution in [0.25, 0.3) is 0 Å². The van der Waals surface area contributed by atoms with Crippen molar-refractivity contribution in [2.75, 3.05) is 6.54 Å². The van der Waals surface area contributed by atoms with Gasteiger partial charge in [0.25, 0.3) is 5.91 Å². The van der Waals surface area contributed by atoms with Gasteiger partial charge in [0.15, 0.2) is 17.7 Å². The second-order valence-electron chi connectivity index (χ2n) is 4.42. The highest BCUT2D eigenvalue weighted by molar-refractivity contribution is 5.80. The van der Waals surface area contributed by atoms with E-state index in [4.69, 9.17) is 4.74 Å². The molecular weight excluding hydrogens is 249 g/mol. The normalized spacial score (nSPS) is 13.7. The number of benzene rings is 1. The number of nitrogens with one attached hydrogen (secondary N) is 1. The van der Waals surface area contributed by atoms with E-state index >= 15 is 0 Å². The van der Waals surface area contributed by atoms with Crippen LogP contribution in [-0.4, -0.2) is 23.7 Å². The molecule has 0 bridgehead atoms. The fourth-order valence-corrected chi connectivity index (χ4v) is 1.51. The lowest BCUT2D eigenvalue weighted by atomic mass is 10.1. The second-order valence-corrected chi connectivity index (χ2v) is 4.42. The van der Waals surface area contributed by atoms with Gasteiger partial charge in [-0.1, -0.05) is 13.0 Å². The summed E-state index contributed by atoms with van der Waals surface area (Å²) in [6.07, 6.45) is -0.678. The summed E-state index contributed by atoms with van der Waals surface area (Å²) in [6, 6.07) is 4.19. The molecule has 1 rings (SSSR count). The Balaban J connectivity index is 2.69. The number of carbonyl (C=O) groups excluding carboxylic acids is 1. The smallest absolute Gasteiger partial charge is 0.260 e. The van der Waals surface area contributed by atoms with Crippen molar-refractivity contribution < 1.29 is 19.0 Å². The molecule has 5 heteroatoms. The molecule has 0 aliphatic rings. The first kappa shape index (κ1) is 15.4. The molecule has 0 aromatic heterocycles. The molecule has 0 aliphatic carbocycles. The van der Waals surface area contributed by atoms with E-state index in [0.29, 0.717) is 12.1 Å². The maximum Gasteiger partial charge on any atom is 0.260 e. The van der Waals surface area contributed by atoms with Gasteiger partial charge in [0.2, 0.25) is 0 Å². The summed E-state index contributed by atoms with van der Waals surface area (Å²) in [6.45, 7) is 5.62. The molecule has 0 saturated carbocycles. The highest BCUT2D eigenvalue weighted by atomic mass is 19.1. The number of rotatable bonds is 6. The van der Waals surface area contributed by atoms with E-state index in [1.807, 2.05) is 6.92 Å². The number of aliphatic hydroxyl groups is 1. The van der Waals surface area contributed by atoms with Gasteiger partial charge in [0.1, 0.15) is 0 Å². The summed E-state index contributed by atoms with van der Waals surface area (Å²) in [4.78, 5) is 11.6. The van der Waals surface area contributed by atoms with Crippen molar-refractivity contribution in [2.45, 2.75) is 39.4 Å². The lowest BCUT2D eigenvalue weighted by Gasteiger charge is -2.15. The standard InChI is InChI=1S/C14H20FNO3/c1-4-7-16-14(18)10(3)19-13-6-5-11(9(2)17)8-12(13)15/h5-6,8-10,17H,4,7H2,1-3H3,(H,16,18)/t9-,10?/m1/s1. The summed E-state index contributed by atoms with van der Waals surface area (Å²) in [5.74, 6) is -0.863. The molecule has 0 heterocycles. The molecule has 1 unspecified atom stereocenters. The van der Waals surface area contributed by atoms with Crippen molar-refractivity contribution in [1.82, 2.24) is 5.32 Å². The quantitative estimate of drug-likeness (QED) is 0.832. The maximum absolute atomic E-state index is 13.7. The van der Waals surface area contributed by atoms with Crippen LogP contribution in [0.2, 0.25) is 0 Å². The third-order valence-corrected chi connectivity index (χ3v) is 2.66. The van der Waals surface area contributed by atoms with Gasteiger partial charge in [-0.25, -0.2) is 4.39 Å². The average Bonchev–Trinajstić information content (AvgIpc) is 2.37. The van der Waals surface area contributed by atoms with Crippen LogP contribution in [0.1, 0.15) is 38.9 Å². The Labute approximate surface area is 112 Å². The largest absolute Gasteiger partial charge is 0.478 e. The molecule has 106 valence electrons. The monoisotopic (exact) mass is 269 g/mol. The van der Waals surface area contributed by atoms with Crippen LogP contribution in [-0.2, 0) is 4.79 Å². The van der Waals surface area contributed by atoms with E-state index in [0.717, 1.165) is 6.42 Å². The predicted molar refractivity (Wildman–Crippen MR) is 70.4 cm³/mol. The zero-order chi connectivity index (χ0) is 14.4. The topological polar surface area (TPSA) is 58.6 Å². The number of ether oxygens (including phenoxy) is 1. The SMILES string of the molecule is CCCNC(=O)C(C)Oc1ccc([C@@H](C)O)cc1F. The molecule has 1 aromatic carbocycles. The highest BCUT2D eigenvalue weighted by Gasteiger charge is 2.16. The Morgan fingerprint density at radius 1 is 1.47 bits per heavy atom. The first-order valence-corrected chi connectivity index (χ1v) is 6.37. The van der Waals surface area contributed by atoms with Gasteiger partial charge in [-0.15, -0.1) is 0 Å². The molecule has 1 amide bonds. The minimum absolute atomic E-state index is 0.00329. The van der Waals surface area contributed by atoms with E-state index in [2.05, 4.69) is 5.32 Å². The van der Waals surface area contributed by atoms with Gasteiger partial charge in [-0.3, -0.25) is 4.79 Å². The van der Waals surface area contributed by atoms with Crippen LogP contribution in [0.3, 0.4) is 0 Å². The number of aliphatic hydroxyl groups excluding tert-OH is 1. The van der Waals surface area contributed by atoms with E-state index in [-0.39, 0.29) is 11.7 Å². The second kappa shape index (κ2) is 7.09. The van der Waals surface area contributed by atoms with Crippen LogP contribution in [0.5, 0.6) is 5.75 Å². The van der Waals surface area contributed by atoms with E-state index < -0.39 is 18.0 Å². The lowest BCUT2D eigenvalue weighted by Crippen LogP contribution is -2.36. The van der Waals surface area contributed by atoms with Crippen molar-refractivity contribution in [3.05, 3.63) is 29.6 Å². The third-order valence-electron chi connectivity index (χ3n) is 2.66. The molecule has 19 heavy (non-hydrogen) atoms. The van der Waals surface area contributed by atoms with Gasteiger partial charge >= 0.3 is 0 Å². The molecule has 0 fully saturated rings. The van der Waals surface area contributed by atoms with Crippen LogP contribution < -0.4 is 10.1 Å². The summed E-state index contributed by atoms with van der Waals surface area (Å²) >= 11 is 0. The number of carbonyl (C=O) groups is 1. The molecule has 0 radical (unpaired) electrons. The first-order chi connectivity index (χ1) is 8.95. The van der Waals surface area contributed by atoms with E-state index in [9.17, 15) is 14.3 Å². The Hall–Kier alpha value is -1.62. The Bertz CT molecular complexity index is 435. The molecular formula is C14H20FNO3. The zero-order valence-electron chi connectivity index (χ0n) is 11.4. The average molecular weight is 269 g/mol. The molecule has 4 nitrogen and oxygen atoms in total. The minimum Gasteiger partial charge on any atom is -0.478 e. The van der Waals surface area contributed by atoms with Crippen molar-refractivity contribution in [2.24, 2.45) is 0 Å². The van der Waals surface area contributed by atoms with Gasteiger partial charge in [-0.2, -0.15) is 0 Å².